The topological polar surface area (TPSA) is 70.6 Å². The quantitative estimate of drug-likeness (QED) is 0.774. The zero-order valence-corrected chi connectivity index (χ0v) is 12.0. The van der Waals surface area contributed by atoms with Crippen LogP contribution in [0.25, 0.3) is 0 Å². The first-order valence-corrected chi connectivity index (χ1v) is 7.02. The van der Waals surface area contributed by atoms with E-state index in [4.69, 9.17) is 4.74 Å². The van der Waals surface area contributed by atoms with Crippen molar-refractivity contribution in [3.8, 4) is 0 Å². The summed E-state index contributed by atoms with van der Waals surface area (Å²) in [6, 6.07) is 5.48. The van der Waals surface area contributed by atoms with Crippen molar-refractivity contribution in [1.29, 1.82) is 0 Å². The molecule has 2 amide bonds. The minimum Gasteiger partial charge on any atom is -0.394 e. The molecule has 0 fully saturated rings. The number of ether oxygens (including phenoxy) is 1. The van der Waals surface area contributed by atoms with Gasteiger partial charge in [-0.15, -0.1) is 0 Å². The van der Waals surface area contributed by atoms with Crippen LogP contribution < -0.4 is 10.6 Å². The molecule has 5 nitrogen and oxygen atoms in total. The third-order valence-electron chi connectivity index (χ3n) is 4.01. The third kappa shape index (κ3) is 3.11. The number of rotatable bonds is 5. The van der Waals surface area contributed by atoms with Crippen molar-refractivity contribution in [3.05, 3.63) is 29.3 Å². The van der Waals surface area contributed by atoms with E-state index in [9.17, 15) is 9.90 Å². The van der Waals surface area contributed by atoms with Crippen LogP contribution in [0.5, 0.6) is 0 Å². The van der Waals surface area contributed by atoms with E-state index < -0.39 is 5.54 Å². The van der Waals surface area contributed by atoms with E-state index in [1.54, 1.807) is 0 Å². The molecule has 1 aromatic rings. The van der Waals surface area contributed by atoms with Crippen LogP contribution in [0.3, 0.4) is 0 Å². The first-order chi connectivity index (χ1) is 9.62. The molecule has 0 aromatic heterocycles. The molecule has 0 saturated heterocycles. The lowest BCUT2D eigenvalue weighted by Crippen LogP contribution is -2.52. The molecule has 0 radical (unpaired) electrons. The van der Waals surface area contributed by atoms with Gasteiger partial charge in [0.1, 0.15) is 0 Å². The second-order valence-electron chi connectivity index (χ2n) is 5.20. The number of aliphatic hydroxyl groups excluding tert-OH is 1. The van der Waals surface area contributed by atoms with Crippen LogP contribution in [0.2, 0.25) is 0 Å². The lowest BCUT2D eigenvalue weighted by molar-refractivity contribution is 0.134. The van der Waals surface area contributed by atoms with Crippen molar-refractivity contribution in [1.82, 2.24) is 5.32 Å². The lowest BCUT2D eigenvalue weighted by atomic mass is 9.94. The van der Waals surface area contributed by atoms with Crippen molar-refractivity contribution in [2.75, 3.05) is 11.9 Å². The van der Waals surface area contributed by atoms with Crippen LogP contribution in [-0.4, -0.2) is 23.3 Å². The van der Waals surface area contributed by atoms with Crippen molar-refractivity contribution in [2.24, 2.45) is 0 Å². The predicted octanol–water partition coefficient (Wildman–Crippen LogP) is 2.39. The standard InChI is InChI=1S/C15H22N2O3/c1-3-15(4-2,10-18)17-14(19)16-13-6-5-11-8-20-9-12(11)7-13/h5-7,18H,3-4,8-10H2,1-2H3,(H2,16,17,19). The maximum atomic E-state index is 12.0. The molecule has 5 heteroatoms. The molecule has 110 valence electrons. The van der Waals surface area contributed by atoms with Gasteiger partial charge in [-0.25, -0.2) is 4.79 Å². The second kappa shape index (κ2) is 6.24. The van der Waals surface area contributed by atoms with Gasteiger partial charge < -0.3 is 20.5 Å². The van der Waals surface area contributed by atoms with Gasteiger partial charge >= 0.3 is 6.03 Å². The number of amides is 2. The zero-order chi connectivity index (χ0) is 14.6. The summed E-state index contributed by atoms with van der Waals surface area (Å²) >= 11 is 0. The fourth-order valence-electron chi connectivity index (χ4n) is 2.34. The molecular weight excluding hydrogens is 256 g/mol. The van der Waals surface area contributed by atoms with E-state index >= 15 is 0 Å². The molecule has 0 aliphatic carbocycles. The van der Waals surface area contributed by atoms with E-state index in [0.717, 1.165) is 11.3 Å². The zero-order valence-electron chi connectivity index (χ0n) is 12.0. The van der Waals surface area contributed by atoms with Gasteiger partial charge in [0.2, 0.25) is 0 Å². The molecule has 1 heterocycles. The highest BCUT2D eigenvalue weighted by molar-refractivity contribution is 5.90. The molecule has 0 spiro atoms. The van der Waals surface area contributed by atoms with Crippen LogP contribution in [0.15, 0.2) is 18.2 Å². The highest BCUT2D eigenvalue weighted by Crippen LogP contribution is 2.23. The van der Waals surface area contributed by atoms with E-state index in [1.807, 2.05) is 32.0 Å². The Morgan fingerprint density at radius 1 is 1.30 bits per heavy atom. The van der Waals surface area contributed by atoms with E-state index in [1.165, 1.54) is 5.56 Å². The smallest absolute Gasteiger partial charge is 0.319 e. The Labute approximate surface area is 119 Å². The summed E-state index contributed by atoms with van der Waals surface area (Å²) in [5.74, 6) is 0. The Balaban J connectivity index is 2.01. The van der Waals surface area contributed by atoms with Gasteiger partial charge in [0.25, 0.3) is 0 Å². The minimum absolute atomic E-state index is 0.0640. The molecule has 0 saturated carbocycles. The fraction of sp³-hybridized carbons (Fsp3) is 0.533. The molecule has 20 heavy (non-hydrogen) atoms. The summed E-state index contributed by atoms with van der Waals surface area (Å²) in [6.45, 7) is 5.07. The Morgan fingerprint density at radius 2 is 2.00 bits per heavy atom. The van der Waals surface area contributed by atoms with E-state index in [-0.39, 0.29) is 12.6 Å². The van der Waals surface area contributed by atoms with Crippen LogP contribution in [0.1, 0.15) is 37.8 Å². The first-order valence-electron chi connectivity index (χ1n) is 7.02. The maximum absolute atomic E-state index is 12.0. The number of fused-ring (bicyclic) bond motifs is 1. The molecule has 1 aromatic carbocycles. The summed E-state index contributed by atoms with van der Waals surface area (Å²) in [6.07, 6.45) is 1.37. The molecular formula is C15H22N2O3. The summed E-state index contributed by atoms with van der Waals surface area (Å²) in [5, 5.41) is 15.1. The molecule has 1 aliphatic heterocycles. The highest BCUT2D eigenvalue weighted by atomic mass is 16.5. The third-order valence-corrected chi connectivity index (χ3v) is 4.01. The minimum atomic E-state index is -0.552. The van der Waals surface area contributed by atoms with Crippen LogP contribution in [-0.2, 0) is 18.0 Å². The monoisotopic (exact) mass is 278 g/mol. The maximum Gasteiger partial charge on any atom is 0.319 e. The summed E-state index contributed by atoms with van der Waals surface area (Å²) in [5.41, 5.74) is 2.47. The average Bonchev–Trinajstić information content (AvgIpc) is 2.92. The second-order valence-corrected chi connectivity index (χ2v) is 5.20. The molecule has 2 rings (SSSR count). The van der Waals surface area contributed by atoms with Crippen LogP contribution in [0, 0.1) is 0 Å². The largest absolute Gasteiger partial charge is 0.394 e. The van der Waals surface area contributed by atoms with Gasteiger partial charge in [-0.05, 0) is 36.1 Å². The predicted molar refractivity (Wildman–Crippen MR) is 77.5 cm³/mol. The number of aliphatic hydroxyl groups is 1. The molecule has 0 bridgehead atoms. The van der Waals surface area contributed by atoms with Crippen molar-refractivity contribution < 1.29 is 14.6 Å². The number of hydrogen-bond donors (Lipinski definition) is 3. The van der Waals surface area contributed by atoms with Gasteiger partial charge in [0.15, 0.2) is 0 Å². The normalized spacial score (nSPS) is 13.9. The van der Waals surface area contributed by atoms with Crippen molar-refractivity contribution >= 4 is 11.7 Å². The number of hydrogen-bond acceptors (Lipinski definition) is 3. The Bertz CT molecular complexity index is 476. The van der Waals surface area contributed by atoms with Gasteiger partial charge in [0.05, 0.1) is 25.4 Å². The van der Waals surface area contributed by atoms with E-state index in [2.05, 4.69) is 10.6 Å². The van der Waals surface area contributed by atoms with Gasteiger partial charge in [-0.1, -0.05) is 19.9 Å². The van der Waals surface area contributed by atoms with Gasteiger partial charge in [-0.3, -0.25) is 0 Å². The number of carbonyl (C=O) groups is 1. The Morgan fingerprint density at radius 3 is 2.65 bits per heavy atom. The molecule has 1 aliphatic rings. The Hall–Kier alpha value is -1.59. The number of nitrogens with one attached hydrogen (secondary N) is 2. The summed E-state index contributed by atoms with van der Waals surface area (Å²) < 4.78 is 5.35. The number of benzene rings is 1. The van der Waals surface area contributed by atoms with Crippen molar-refractivity contribution in [2.45, 2.75) is 45.4 Å². The molecule has 0 unspecified atom stereocenters. The lowest BCUT2D eigenvalue weighted by Gasteiger charge is -2.30. The summed E-state index contributed by atoms with van der Waals surface area (Å²) in [4.78, 5) is 12.0. The van der Waals surface area contributed by atoms with Crippen LogP contribution >= 0.6 is 0 Å². The highest BCUT2D eigenvalue weighted by Gasteiger charge is 2.27. The van der Waals surface area contributed by atoms with Gasteiger partial charge in [-0.2, -0.15) is 0 Å². The number of anilines is 1. The SMILES string of the molecule is CCC(CC)(CO)NC(=O)Nc1ccc2c(c1)COC2. The number of carbonyl (C=O) groups excluding carboxylic acids is 1. The molecule has 0 atom stereocenters. The Kier molecular flexibility index (Phi) is 4.62. The van der Waals surface area contributed by atoms with E-state index in [0.29, 0.717) is 26.1 Å². The fourth-order valence-corrected chi connectivity index (χ4v) is 2.34. The first kappa shape index (κ1) is 14.8. The summed E-state index contributed by atoms with van der Waals surface area (Å²) in [7, 11) is 0. The van der Waals surface area contributed by atoms with Crippen LogP contribution in [0.4, 0.5) is 10.5 Å². The van der Waals surface area contributed by atoms with Crippen molar-refractivity contribution in [3.63, 3.8) is 0 Å². The molecule has 3 N–H and O–H groups in total. The average molecular weight is 278 g/mol. The van der Waals surface area contributed by atoms with Gasteiger partial charge in [0, 0.05) is 5.69 Å². The number of urea groups is 1.